The lowest BCUT2D eigenvalue weighted by Gasteiger charge is -2.03. The van der Waals surface area contributed by atoms with Crippen LogP contribution < -0.4 is 5.32 Å². The summed E-state index contributed by atoms with van der Waals surface area (Å²) >= 11 is 6.02. The van der Waals surface area contributed by atoms with Gasteiger partial charge in [0.25, 0.3) is 0 Å². The van der Waals surface area contributed by atoms with Crippen LogP contribution in [0, 0.1) is 11.3 Å². The van der Waals surface area contributed by atoms with Crippen molar-refractivity contribution >= 4 is 23.3 Å². The van der Waals surface area contributed by atoms with Gasteiger partial charge in [0, 0.05) is 28.9 Å². The lowest BCUT2D eigenvalue weighted by molar-refractivity contribution is -0.115. The average Bonchev–Trinajstić information content (AvgIpc) is 3.19. The summed E-state index contributed by atoms with van der Waals surface area (Å²) in [6.07, 6.45) is 5.88. The SMILES string of the molecule is N#Cc1cc(Cl)cc(-n2cc(CC(=O)Nc3cc(C4CC4)[nH]n3)cn2)c1. The van der Waals surface area contributed by atoms with Crippen molar-refractivity contribution in [3.63, 3.8) is 0 Å². The maximum Gasteiger partial charge on any atom is 0.230 e. The monoisotopic (exact) mass is 366 g/mol. The Balaban J connectivity index is 1.43. The highest BCUT2D eigenvalue weighted by molar-refractivity contribution is 6.30. The Morgan fingerprint density at radius 2 is 2.23 bits per heavy atom. The highest BCUT2D eigenvalue weighted by atomic mass is 35.5. The van der Waals surface area contributed by atoms with Crippen molar-refractivity contribution in [2.75, 3.05) is 5.32 Å². The molecule has 8 heteroatoms. The van der Waals surface area contributed by atoms with E-state index in [2.05, 4.69) is 26.7 Å². The van der Waals surface area contributed by atoms with Gasteiger partial charge in [-0.15, -0.1) is 0 Å². The number of nitrogens with zero attached hydrogens (tertiary/aromatic N) is 4. The van der Waals surface area contributed by atoms with Crippen LogP contribution >= 0.6 is 11.6 Å². The molecule has 0 saturated heterocycles. The first-order valence-corrected chi connectivity index (χ1v) is 8.58. The topological polar surface area (TPSA) is 99.4 Å². The quantitative estimate of drug-likeness (QED) is 0.724. The van der Waals surface area contributed by atoms with E-state index in [1.165, 1.54) is 12.8 Å². The van der Waals surface area contributed by atoms with Crippen molar-refractivity contribution in [3.8, 4) is 11.8 Å². The molecular weight excluding hydrogens is 352 g/mol. The van der Waals surface area contributed by atoms with Crippen molar-refractivity contribution in [1.29, 1.82) is 5.26 Å². The second-order valence-electron chi connectivity index (χ2n) is 6.31. The minimum Gasteiger partial charge on any atom is -0.309 e. The molecule has 1 saturated carbocycles. The molecular formula is C18H15ClN6O. The smallest absolute Gasteiger partial charge is 0.230 e. The van der Waals surface area contributed by atoms with Gasteiger partial charge in [-0.3, -0.25) is 9.89 Å². The Labute approximate surface area is 154 Å². The van der Waals surface area contributed by atoms with E-state index < -0.39 is 0 Å². The Bertz CT molecular complexity index is 1010. The number of carbonyl (C=O) groups excluding carboxylic acids is 1. The molecule has 26 heavy (non-hydrogen) atoms. The van der Waals surface area contributed by atoms with E-state index in [9.17, 15) is 4.79 Å². The van der Waals surface area contributed by atoms with Gasteiger partial charge in [-0.2, -0.15) is 15.5 Å². The second kappa shape index (κ2) is 6.65. The fourth-order valence-corrected chi connectivity index (χ4v) is 2.97. The van der Waals surface area contributed by atoms with Crippen LogP contribution in [0.2, 0.25) is 5.02 Å². The predicted molar refractivity (Wildman–Crippen MR) is 96.2 cm³/mol. The van der Waals surface area contributed by atoms with E-state index in [0.29, 0.717) is 28.0 Å². The molecule has 2 aromatic heterocycles. The number of hydrogen-bond acceptors (Lipinski definition) is 4. The van der Waals surface area contributed by atoms with E-state index in [-0.39, 0.29) is 12.3 Å². The van der Waals surface area contributed by atoms with Crippen LogP contribution in [0.4, 0.5) is 5.82 Å². The summed E-state index contributed by atoms with van der Waals surface area (Å²) in [5.41, 5.74) is 2.94. The molecule has 130 valence electrons. The molecule has 1 aliphatic rings. The Morgan fingerprint density at radius 1 is 1.38 bits per heavy atom. The summed E-state index contributed by atoms with van der Waals surface area (Å²) in [5.74, 6) is 0.933. The predicted octanol–water partition coefficient (Wildman–Crippen LogP) is 3.18. The van der Waals surface area contributed by atoms with Gasteiger partial charge >= 0.3 is 0 Å². The molecule has 0 aliphatic heterocycles. The zero-order valence-corrected chi connectivity index (χ0v) is 14.5. The molecule has 0 atom stereocenters. The first-order chi connectivity index (χ1) is 12.6. The summed E-state index contributed by atoms with van der Waals surface area (Å²) in [4.78, 5) is 12.2. The molecule has 1 aromatic carbocycles. The summed E-state index contributed by atoms with van der Waals surface area (Å²) < 4.78 is 1.59. The van der Waals surface area contributed by atoms with Crippen LogP contribution in [0.5, 0.6) is 0 Å². The first kappa shape index (κ1) is 16.4. The zero-order chi connectivity index (χ0) is 18.1. The maximum absolute atomic E-state index is 12.2. The number of aromatic nitrogens is 4. The van der Waals surface area contributed by atoms with Crippen LogP contribution in [0.25, 0.3) is 5.69 Å². The van der Waals surface area contributed by atoms with E-state index >= 15 is 0 Å². The van der Waals surface area contributed by atoms with Crippen molar-refractivity contribution in [1.82, 2.24) is 20.0 Å². The number of nitriles is 1. The lowest BCUT2D eigenvalue weighted by Crippen LogP contribution is -2.14. The number of H-pyrrole nitrogens is 1. The molecule has 0 unspecified atom stereocenters. The number of rotatable bonds is 5. The van der Waals surface area contributed by atoms with Crippen molar-refractivity contribution in [2.24, 2.45) is 0 Å². The number of benzene rings is 1. The number of amides is 1. The summed E-state index contributed by atoms with van der Waals surface area (Å²) in [6.45, 7) is 0. The minimum atomic E-state index is -0.165. The van der Waals surface area contributed by atoms with Crippen LogP contribution in [-0.2, 0) is 11.2 Å². The number of hydrogen-bond donors (Lipinski definition) is 2. The third-order valence-corrected chi connectivity index (χ3v) is 4.38. The van der Waals surface area contributed by atoms with E-state index in [0.717, 1.165) is 11.3 Å². The van der Waals surface area contributed by atoms with Gasteiger partial charge in [-0.1, -0.05) is 11.6 Å². The van der Waals surface area contributed by atoms with Crippen LogP contribution in [0.1, 0.15) is 35.6 Å². The molecule has 0 spiro atoms. The molecule has 7 nitrogen and oxygen atoms in total. The third-order valence-electron chi connectivity index (χ3n) is 4.16. The number of halogens is 1. The summed E-state index contributed by atoms with van der Waals surface area (Å²) in [6, 6.07) is 8.93. The fraction of sp³-hybridized carbons (Fsp3) is 0.222. The fourth-order valence-electron chi connectivity index (χ4n) is 2.74. The Morgan fingerprint density at radius 3 is 3.00 bits per heavy atom. The van der Waals surface area contributed by atoms with Gasteiger partial charge in [0.1, 0.15) is 0 Å². The maximum atomic E-state index is 12.2. The molecule has 2 N–H and O–H groups in total. The molecule has 1 amide bonds. The zero-order valence-electron chi connectivity index (χ0n) is 13.7. The van der Waals surface area contributed by atoms with Crippen molar-refractivity contribution in [3.05, 3.63) is 58.5 Å². The normalized spacial score (nSPS) is 13.4. The highest BCUT2D eigenvalue weighted by Crippen LogP contribution is 2.39. The molecule has 3 aromatic rings. The average molecular weight is 367 g/mol. The van der Waals surface area contributed by atoms with E-state index in [1.807, 2.05) is 6.07 Å². The molecule has 0 bridgehead atoms. The standard InChI is InChI=1S/C18H15ClN6O/c19-14-3-11(8-20)4-15(6-14)25-10-12(9-21-25)5-18(26)22-17-7-16(23-24-17)13-1-2-13/h3-4,6-7,9-10,13H,1-2,5H2,(H2,22,23,24,26). The largest absolute Gasteiger partial charge is 0.309 e. The number of nitrogens with one attached hydrogen (secondary N) is 2. The molecule has 4 rings (SSSR count). The molecule has 0 radical (unpaired) electrons. The number of aromatic amines is 1. The van der Waals surface area contributed by atoms with Crippen molar-refractivity contribution < 1.29 is 4.79 Å². The lowest BCUT2D eigenvalue weighted by atomic mass is 10.2. The summed E-state index contributed by atoms with van der Waals surface area (Å²) in [7, 11) is 0. The first-order valence-electron chi connectivity index (χ1n) is 8.20. The van der Waals surface area contributed by atoms with Crippen LogP contribution in [-0.4, -0.2) is 25.9 Å². The van der Waals surface area contributed by atoms with Gasteiger partial charge in [0.05, 0.1) is 29.9 Å². The van der Waals surface area contributed by atoms with Gasteiger partial charge in [-0.25, -0.2) is 4.68 Å². The molecule has 2 heterocycles. The van der Waals surface area contributed by atoms with Crippen LogP contribution in [0.3, 0.4) is 0 Å². The van der Waals surface area contributed by atoms with Gasteiger partial charge in [0.15, 0.2) is 5.82 Å². The van der Waals surface area contributed by atoms with Gasteiger partial charge in [0.2, 0.25) is 5.91 Å². The molecule has 1 fully saturated rings. The van der Waals surface area contributed by atoms with E-state index in [4.69, 9.17) is 16.9 Å². The van der Waals surface area contributed by atoms with E-state index in [1.54, 1.807) is 35.3 Å². The Hall–Kier alpha value is -3.11. The van der Waals surface area contributed by atoms with Gasteiger partial charge in [-0.05, 0) is 36.6 Å². The number of carbonyl (C=O) groups is 1. The number of anilines is 1. The van der Waals surface area contributed by atoms with Crippen LogP contribution in [0.15, 0.2) is 36.7 Å². The minimum absolute atomic E-state index is 0.165. The molecule has 1 aliphatic carbocycles. The highest BCUT2D eigenvalue weighted by Gasteiger charge is 2.25. The van der Waals surface area contributed by atoms with Crippen molar-refractivity contribution in [2.45, 2.75) is 25.2 Å². The Kier molecular flexibility index (Phi) is 4.19. The summed E-state index contributed by atoms with van der Waals surface area (Å²) in [5, 5.41) is 23.6. The second-order valence-corrected chi connectivity index (χ2v) is 6.75. The third kappa shape index (κ3) is 3.60. The van der Waals surface area contributed by atoms with Gasteiger partial charge < -0.3 is 5.32 Å².